The Labute approximate surface area is 78.5 Å². The van der Waals surface area contributed by atoms with E-state index in [1.807, 2.05) is 0 Å². The van der Waals surface area contributed by atoms with Gasteiger partial charge in [-0.3, -0.25) is 0 Å². The molecule has 2 atom stereocenters. The van der Waals surface area contributed by atoms with Crippen LogP contribution < -0.4 is 6.15 Å². The van der Waals surface area contributed by atoms with Crippen molar-refractivity contribution in [3.63, 3.8) is 0 Å². The molecule has 0 aromatic rings. The number of hydrogen-bond donors (Lipinski definition) is 2. The molecule has 4 nitrogen and oxygen atoms in total. The smallest absolute Gasteiger partial charge is 0.407 e. The molecule has 2 aliphatic heterocycles. The first kappa shape index (κ1) is 10.3. The van der Waals surface area contributed by atoms with Gasteiger partial charge in [-0.1, -0.05) is 12.8 Å². The van der Waals surface area contributed by atoms with Crippen molar-refractivity contribution in [2.24, 2.45) is 0 Å². The number of rotatable bonds is 0. The van der Waals surface area contributed by atoms with Gasteiger partial charge in [0.15, 0.2) is 0 Å². The van der Waals surface area contributed by atoms with Crippen LogP contribution in [0.5, 0.6) is 0 Å². The van der Waals surface area contributed by atoms with E-state index in [2.05, 4.69) is 0 Å². The van der Waals surface area contributed by atoms with Gasteiger partial charge in [-0.25, -0.2) is 4.79 Å². The lowest BCUT2D eigenvalue weighted by atomic mass is 10.0. The van der Waals surface area contributed by atoms with Gasteiger partial charge in [0.2, 0.25) is 0 Å². The van der Waals surface area contributed by atoms with E-state index in [0.717, 1.165) is 25.7 Å². The summed E-state index contributed by atoms with van der Waals surface area (Å²) in [6, 6.07) is 0.685. The van der Waals surface area contributed by atoms with Gasteiger partial charge in [0.05, 0.1) is 0 Å². The third-order valence-corrected chi connectivity index (χ3v) is 3.17. The normalized spacial score (nSPS) is 32.2. The van der Waals surface area contributed by atoms with Gasteiger partial charge in [-0.2, -0.15) is 0 Å². The van der Waals surface area contributed by atoms with Crippen molar-refractivity contribution in [1.29, 1.82) is 0 Å². The third kappa shape index (κ3) is 1.77. The Morgan fingerprint density at radius 3 is 1.92 bits per heavy atom. The van der Waals surface area contributed by atoms with Gasteiger partial charge in [0.1, 0.15) is 0 Å². The van der Waals surface area contributed by atoms with Crippen LogP contribution in [0.25, 0.3) is 0 Å². The summed E-state index contributed by atoms with van der Waals surface area (Å²) < 4.78 is 0. The fraction of sp³-hybridized carbons (Fsp3) is 0.889. The number of amides is 1. The molecule has 4 heteroatoms. The van der Waals surface area contributed by atoms with E-state index in [1.54, 1.807) is 4.90 Å². The van der Waals surface area contributed by atoms with Crippen molar-refractivity contribution in [1.82, 2.24) is 11.1 Å². The fourth-order valence-corrected chi connectivity index (χ4v) is 2.60. The molecule has 2 unspecified atom stereocenters. The lowest BCUT2D eigenvalue weighted by Crippen LogP contribution is -2.38. The molecule has 0 aromatic heterocycles. The molecule has 0 aromatic carbocycles. The van der Waals surface area contributed by atoms with Crippen LogP contribution in [-0.4, -0.2) is 28.2 Å². The Kier molecular flexibility index (Phi) is 3.14. The second-order valence-electron chi connectivity index (χ2n) is 3.86. The predicted molar refractivity (Wildman–Crippen MR) is 50.2 cm³/mol. The minimum Gasteiger partial charge on any atom is -0.465 e. The largest absolute Gasteiger partial charge is 0.465 e. The Morgan fingerprint density at radius 1 is 1.08 bits per heavy atom. The maximum absolute atomic E-state index is 10.9. The van der Waals surface area contributed by atoms with Crippen LogP contribution in [0.15, 0.2) is 0 Å². The van der Waals surface area contributed by atoms with Gasteiger partial charge in [-0.15, -0.1) is 0 Å². The molecule has 0 radical (unpaired) electrons. The summed E-state index contributed by atoms with van der Waals surface area (Å²) in [5.74, 6) is 0. The van der Waals surface area contributed by atoms with Crippen molar-refractivity contribution in [2.45, 2.75) is 50.6 Å². The van der Waals surface area contributed by atoms with E-state index < -0.39 is 6.09 Å². The molecule has 1 amide bonds. The van der Waals surface area contributed by atoms with Gasteiger partial charge in [0, 0.05) is 12.1 Å². The zero-order chi connectivity index (χ0) is 8.55. The van der Waals surface area contributed by atoms with Gasteiger partial charge >= 0.3 is 6.09 Å². The SMILES string of the molecule is N.O=C(O)N1C2CCCCC1CC2. The summed E-state index contributed by atoms with van der Waals surface area (Å²) in [7, 11) is 0. The van der Waals surface area contributed by atoms with Crippen LogP contribution in [0, 0.1) is 0 Å². The first-order chi connectivity index (χ1) is 5.79. The van der Waals surface area contributed by atoms with Crippen molar-refractivity contribution in [3.8, 4) is 0 Å². The molecule has 0 spiro atoms. The summed E-state index contributed by atoms with van der Waals surface area (Å²) in [6.45, 7) is 0. The highest BCUT2D eigenvalue weighted by Gasteiger charge is 2.37. The molecule has 2 rings (SSSR count). The summed E-state index contributed by atoms with van der Waals surface area (Å²) >= 11 is 0. The molecule has 2 fully saturated rings. The minimum absolute atomic E-state index is 0. The van der Waals surface area contributed by atoms with Gasteiger partial charge in [-0.05, 0) is 25.7 Å². The summed E-state index contributed by atoms with van der Waals surface area (Å²) in [5.41, 5.74) is 0. The van der Waals surface area contributed by atoms with Crippen LogP contribution in [0.1, 0.15) is 38.5 Å². The first-order valence-electron chi connectivity index (χ1n) is 4.80. The Hall–Kier alpha value is -0.770. The van der Waals surface area contributed by atoms with Crippen LogP contribution in [0.2, 0.25) is 0 Å². The van der Waals surface area contributed by atoms with Crippen molar-refractivity contribution in [2.75, 3.05) is 0 Å². The average molecular weight is 186 g/mol. The summed E-state index contributed by atoms with van der Waals surface area (Å²) in [4.78, 5) is 12.6. The van der Waals surface area contributed by atoms with E-state index in [9.17, 15) is 4.79 Å². The number of carbonyl (C=O) groups is 1. The van der Waals surface area contributed by atoms with E-state index in [4.69, 9.17) is 5.11 Å². The summed E-state index contributed by atoms with van der Waals surface area (Å²) in [5, 5.41) is 8.97. The van der Waals surface area contributed by atoms with Crippen LogP contribution in [0.4, 0.5) is 4.79 Å². The zero-order valence-electron chi connectivity index (χ0n) is 7.91. The maximum Gasteiger partial charge on any atom is 0.407 e. The van der Waals surface area contributed by atoms with Crippen LogP contribution in [-0.2, 0) is 0 Å². The highest BCUT2D eigenvalue weighted by Crippen LogP contribution is 2.33. The topological polar surface area (TPSA) is 75.5 Å². The Balaban J connectivity index is 0.000000845. The first-order valence-corrected chi connectivity index (χ1v) is 4.80. The Bertz CT molecular complexity index is 182. The fourth-order valence-electron chi connectivity index (χ4n) is 2.60. The molecular weight excluding hydrogens is 168 g/mol. The van der Waals surface area contributed by atoms with Gasteiger partial charge < -0.3 is 16.2 Å². The molecule has 13 heavy (non-hydrogen) atoms. The lowest BCUT2D eigenvalue weighted by molar-refractivity contribution is 0.123. The van der Waals surface area contributed by atoms with E-state index in [1.165, 1.54) is 12.8 Å². The van der Waals surface area contributed by atoms with Crippen LogP contribution >= 0.6 is 0 Å². The molecule has 2 heterocycles. The van der Waals surface area contributed by atoms with Crippen molar-refractivity contribution >= 4 is 6.09 Å². The quantitative estimate of drug-likeness (QED) is 0.609. The lowest BCUT2D eigenvalue weighted by Gasteiger charge is -2.24. The van der Waals surface area contributed by atoms with E-state index in [-0.39, 0.29) is 6.15 Å². The van der Waals surface area contributed by atoms with Crippen molar-refractivity contribution < 1.29 is 9.90 Å². The highest BCUT2D eigenvalue weighted by molar-refractivity contribution is 5.66. The molecule has 2 bridgehead atoms. The van der Waals surface area contributed by atoms with Crippen LogP contribution in [0.3, 0.4) is 0 Å². The summed E-state index contributed by atoms with van der Waals surface area (Å²) in [6.07, 6.45) is 6.08. The molecule has 0 saturated carbocycles. The maximum atomic E-state index is 10.9. The minimum atomic E-state index is -0.704. The average Bonchev–Trinajstić information content (AvgIpc) is 2.24. The molecule has 76 valence electrons. The number of hydrogen-bond acceptors (Lipinski definition) is 2. The molecular formula is C9H18N2O2. The third-order valence-electron chi connectivity index (χ3n) is 3.17. The van der Waals surface area contributed by atoms with E-state index >= 15 is 0 Å². The number of carboxylic acid groups (broad SMARTS) is 1. The van der Waals surface area contributed by atoms with Gasteiger partial charge in [0.25, 0.3) is 0 Å². The standard InChI is InChI=1S/C9H15NO2.H3N/c11-9(12)10-7-3-1-2-4-8(10)6-5-7;/h7-8H,1-6H2,(H,11,12);1H3. The highest BCUT2D eigenvalue weighted by atomic mass is 16.4. The van der Waals surface area contributed by atoms with E-state index in [0.29, 0.717) is 12.1 Å². The Morgan fingerprint density at radius 2 is 1.54 bits per heavy atom. The molecule has 2 saturated heterocycles. The number of nitrogens with zero attached hydrogens (tertiary/aromatic N) is 1. The molecule has 0 aliphatic carbocycles. The monoisotopic (exact) mass is 186 g/mol. The predicted octanol–water partition coefficient (Wildman–Crippen LogP) is 2.23. The second-order valence-corrected chi connectivity index (χ2v) is 3.86. The number of fused-ring (bicyclic) bond motifs is 2. The molecule has 4 N–H and O–H groups in total. The second kappa shape index (κ2) is 3.96. The molecule has 2 aliphatic rings. The van der Waals surface area contributed by atoms with Crippen molar-refractivity contribution in [3.05, 3.63) is 0 Å². The zero-order valence-corrected chi connectivity index (χ0v) is 7.91.